The number of nitrogens with zero attached hydrogens (tertiary/aromatic N) is 3. The zero-order valence-electron chi connectivity index (χ0n) is 18.4. The van der Waals surface area contributed by atoms with Crippen LogP contribution in [0.1, 0.15) is 43.7 Å². The predicted molar refractivity (Wildman–Crippen MR) is 123 cm³/mol. The van der Waals surface area contributed by atoms with Crippen molar-refractivity contribution in [1.29, 1.82) is 0 Å². The molecule has 0 radical (unpaired) electrons. The number of pyridine rings is 1. The SMILES string of the molecule is COC(=O)[C@@H](OC(C)(C)C)c1c(C)nc2c(cnn2Cc2ccc(OC(F)F)cc2)c1I. The fourth-order valence-electron chi connectivity index (χ4n) is 3.23. The topological polar surface area (TPSA) is 75.5 Å². The van der Waals surface area contributed by atoms with Gasteiger partial charge in [0.1, 0.15) is 5.75 Å². The molecule has 2 heterocycles. The molecular weight excluding hydrogens is 535 g/mol. The molecule has 2 aromatic heterocycles. The summed E-state index contributed by atoms with van der Waals surface area (Å²) in [5.74, 6) is -0.407. The molecule has 0 aliphatic heterocycles. The second-order valence-corrected chi connectivity index (χ2v) is 9.20. The molecule has 0 unspecified atom stereocenters. The van der Waals surface area contributed by atoms with Gasteiger partial charge in [-0.3, -0.25) is 0 Å². The number of ether oxygens (including phenoxy) is 3. The first-order valence-corrected chi connectivity index (χ1v) is 10.9. The van der Waals surface area contributed by atoms with Gasteiger partial charge in [0.2, 0.25) is 0 Å². The second-order valence-electron chi connectivity index (χ2n) is 8.12. The summed E-state index contributed by atoms with van der Waals surface area (Å²) in [6, 6.07) is 6.36. The van der Waals surface area contributed by atoms with Crippen molar-refractivity contribution in [2.24, 2.45) is 0 Å². The van der Waals surface area contributed by atoms with Gasteiger partial charge in [0.15, 0.2) is 11.8 Å². The van der Waals surface area contributed by atoms with Crippen molar-refractivity contribution < 1.29 is 27.8 Å². The van der Waals surface area contributed by atoms with E-state index in [1.54, 1.807) is 23.0 Å². The Morgan fingerprint density at radius 1 is 1.22 bits per heavy atom. The minimum atomic E-state index is -2.87. The van der Waals surface area contributed by atoms with Crippen LogP contribution in [0.25, 0.3) is 11.0 Å². The van der Waals surface area contributed by atoms with Gasteiger partial charge in [0.25, 0.3) is 0 Å². The van der Waals surface area contributed by atoms with Gasteiger partial charge in [-0.15, -0.1) is 0 Å². The lowest BCUT2D eigenvalue weighted by Gasteiger charge is -2.27. The summed E-state index contributed by atoms with van der Waals surface area (Å²) in [6.07, 6.45) is 0.766. The Hall–Kier alpha value is -2.34. The number of aromatic nitrogens is 3. The lowest BCUT2D eigenvalue weighted by atomic mass is 10.0. The van der Waals surface area contributed by atoms with E-state index in [1.165, 1.54) is 19.2 Å². The van der Waals surface area contributed by atoms with Crippen molar-refractivity contribution in [3.63, 3.8) is 0 Å². The van der Waals surface area contributed by atoms with Gasteiger partial charge in [-0.05, 0) is 68.0 Å². The summed E-state index contributed by atoms with van der Waals surface area (Å²) in [5.41, 5.74) is 2.19. The number of carbonyl (C=O) groups excluding carboxylic acids is 1. The number of hydrogen-bond donors (Lipinski definition) is 0. The maximum Gasteiger partial charge on any atom is 0.387 e. The standard InChI is InChI=1S/C22H24F2IN3O4/c1-12-16(18(20(29)30-5)32-22(2,3)4)17(25)15-10-26-28(19(15)27-12)11-13-6-8-14(9-7-13)31-21(23)24/h6-10,18,21H,11H2,1-5H3/t18-/m0/s1. The monoisotopic (exact) mass is 559 g/mol. The molecule has 1 atom stereocenters. The van der Waals surface area contributed by atoms with Gasteiger partial charge in [-0.25, -0.2) is 14.5 Å². The smallest absolute Gasteiger partial charge is 0.387 e. The Balaban J connectivity index is 1.97. The van der Waals surface area contributed by atoms with Gasteiger partial charge in [-0.2, -0.15) is 13.9 Å². The highest BCUT2D eigenvalue weighted by molar-refractivity contribution is 14.1. The summed E-state index contributed by atoms with van der Waals surface area (Å²) in [4.78, 5) is 17.2. The van der Waals surface area contributed by atoms with Crippen LogP contribution in [0.5, 0.6) is 5.75 Å². The summed E-state index contributed by atoms with van der Waals surface area (Å²) in [6.45, 7) is 4.94. The molecule has 0 amide bonds. The number of rotatable bonds is 7. The lowest BCUT2D eigenvalue weighted by Crippen LogP contribution is -2.29. The van der Waals surface area contributed by atoms with Crippen LogP contribution < -0.4 is 4.74 Å². The van der Waals surface area contributed by atoms with Crippen molar-refractivity contribution in [1.82, 2.24) is 14.8 Å². The van der Waals surface area contributed by atoms with E-state index in [9.17, 15) is 13.6 Å². The Morgan fingerprint density at radius 2 is 1.88 bits per heavy atom. The largest absolute Gasteiger partial charge is 0.467 e. The third-order valence-corrected chi connectivity index (χ3v) is 5.74. The minimum absolute atomic E-state index is 0.0925. The molecular formula is C22H24F2IN3O4. The Kier molecular flexibility index (Phi) is 7.33. The molecule has 0 bridgehead atoms. The molecule has 3 aromatic rings. The zero-order valence-corrected chi connectivity index (χ0v) is 20.5. The van der Waals surface area contributed by atoms with E-state index in [0.29, 0.717) is 23.4 Å². The van der Waals surface area contributed by atoms with Crippen LogP contribution in [0, 0.1) is 10.5 Å². The van der Waals surface area contributed by atoms with Crippen molar-refractivity contribution in [2.75, 3.05) is 7.11 Å². The van der Waals surface area contributed by atoms with Gasteiger partial charge >= 0.3 is 12.6 Å². The molecule has 0 aliphatic carbocycles. The first kappa shape index (κ1) is 24.3. The highest BCUT2D eigenvalue weighted by atomic mass is 127. The molecule has 0 N–H and O–H groups in total. The van der Waals surface area contributed by atoms with E-state index in [1.807, 2.05) is 27.7 Å². The van der Waals surface area contributed by atoms with Crippen LogP contribution in [-0.2, 0) is 20.8 Å². The third kappa shape index (κ3) is 5.52. The molecule has 3 rings (SSSR count). The summed E-state index contributed by atoms with van der Waals surface area (Å²) >= 11 is 2.17. The van der Waals surface area contributed by atoms with Crippen LogP contribution in [0.4, 0.5) is 8.78 Å². The Morgan fingerprint density at radius 3 is 2.44 bits per heavy atom. The van der Waals surface area contributed by atoms with E-state index in [-0.39, 0.29) is 5.75 Å². The molecule has 7 nitrogen and oxygen atoms in total. The lowest BCUT2D eigenvalue weighted by molar-refractivity contribution is -0.164. The molecule has 32 heavy (non-hydrogen) atoms. The first-order valence-electron chi connectivity index (χ1n) is 9.81. The fraction of sp³-hybridized carbons (Fsp3) is 0.409. The quantitative estimate of drug-likeness (QED) is 0.299. The third-order valence-electron chi connectivity index (χ3n) is 4.58. The maximum absolute atomic E-state index is 12.5. The van der Waals surface area contributed by atoms with Crippen LogP contribution in [0.3, 0.4) is 0 Å². The molecule has 10 heteroatoms. The van der Waals surface area contributed by atoms with E-state index in [0.717, 1.165) is 14.5 Å². The van der Waals surface area contributed by atoms with Gasteiger partial charge in [-0.1, -0.05) is 12.1 Å². The van der Waals surface area contributed by atoms with Gasteiger partial charge in [0.05, 0.1) is 30.8 Å². The molecule has 172 valence electrons. The molecule has 1 aromatic carbocycles. The summed E-state index contributed by atoms with van der Waals surface area (Å²) in [5, 5.41) is 5.22. The average Bonchev–Trinajstić information content (AvgIpc) is 3.09. The number of aryl methyl sites for hydroxylation is 1. The number of alkyl halides is 2. The van der Waals surface area contributed by atoms with Crippen molar-refractivity contribution in [3.05, 3.63) is 50.9 Å². The maximum atomic E-state index is 12.5. The molecule has 0 saturated heterocycles. The van der Waals surface area contributed by atoms with Gasteiger partial charge < -0.3 is 14.2 Å². The summed E-state index contributed by atoms with van der Waals surface area (Å²) in [7, 11) is 1.32. The van der Waals surface area contributed by atoms with Crippen LogP contribution in [-0.4, -0.2) is 40.1 Å². The molecule has 0 aliphatic rings. The number of benzene rings is 1. The number of carbonyl (C=O) groups is 1. The van der Waals surface area contributed by atoms with Crippen molar-refractivity contribution in [2.45, 2.75) is 52.6 Å². The first-order chi connectivity index (χ1) is 15.0. The summed E-state index contributed by atoms with van der Waals surface area (Å²) < 4.78 is 42.6. The zero-order chi connectivity index (χ0) is 23.6. The predicted octanol–water partition coefficient (Wildman–Crippen LogP) is 5.02. The van der Waals surface area contributed by atoms with E-state index < -0.39 is 24.3 Å². The van der Waals surface area contributed by atoms with Crippen molar-refractivity contribution >= 4 is 39.6 Å². The van der Waals surface area contributed by atoms with E-state index >= 15 is 0 Å². The number of hydrogen-bond acceptors (Lipinski definition) is 6. The highest BCUT2D eigenvalue weighted by Gasteiger charge is 2.32. The van der Waals surface area contributed by atoms with Crippen LogP contribution in [0.15, 0.2) is 30.5 Å². The number of esters is 1. The second kappa shape index (κ2) is 9.65. The normalized spacial score (nSPS) is 12.9. The van der Waals surface area contributed by atoms with E-state index in [2.05, 4.69) is 32.4 Å². The highest BCUT2D eigenvalue weighted by Crippen LogP contribution is 2.34. The van der Waals surface area contributed by atoms with Crippen LogP contribution in [0.2, 0.25) is 0 Å². The molecule has 0 fully saturated rings. The number of methoxy groups -OCH3 is 1. The Bertz CT molecular complexity index is 1110. The fourth-order valence-corrected chi connectivity index (χ4v) is 4.28. The minimum Gasteiger partial charge on any atom is -0.467 e. The van der Waals surface area contributed by atoms with Crippen LogP contribution >= 0.6 is 22.6 Å². The molecule has 0 spiro atoms. The average molecular weight is 559 g/mol. The van der Waals surface area contributed by atoms with E-state index in [4.69, 9.17) is 14.5 Å². The Labute approximate surface area is 198 Å². The number of fused-ring (bicyclic) bond motifs is 1. The van der Waals surface area contributed by atoms with Crippen molar-refractivity contribution in [3.8, 4) is 5.75 Å². The van der Waals surface area contributed by atoms with Gasteiger partial charge in [0, 0.05) is 14.8 Å². The number of halogens is 3. The molecule has 0 saturated carbocycles.